The molecule has 1 fully saturated rings. The van der Waals surface area contributed by atoms with E-state index in [2.05, 4.69) is 0 Å². The van der Waals surface area contributed by atoms with Crippen LogP contribution in [0.5, 0.6) is 0 Å². The summed E-state index contributed by atoms with van der Waals surface area (Å²) < 4.78 is 17.9. The quantitative estimate of drug-likeness (QED) is 0.807. The van der Waals surface area contributed by atoms with E-state index in [0.29, 0.717) is 19.5 Å². The van der Waals surface area contributed by atoms with E-state index in [9.17, 15) is 9.18 Å². The molecule has 1 amide bonds. The van der Waals surface area contributed by atoms with E-state index in [1.807, 2.05) is 6.92 Å². The lowest BCUT2D eigenvalue weighted by Gasteiger charge is -2.34. The lowest BCUT2D eigenvalue weighted by atomic mass is 10.0. The largest absolute Gasteiger partial charge is 0.415 e. The summed E-state index contributed by atoms with van der Waals surface area (Å²) in [6.07, 6.45) is 1.77. The molecule has 4 nitrogen and oxygen atoms in total. The zero-order valence-corrected chi connectivity index (χ0v) is 9.82. The van der Waals surface area contributed by atoms with E-state index in [1.165, 1.54) is 0 Å². The second-order valence-corrected chi connectivity index (χ2v) is 4.16. The van der Waals surface area contributed by atoms with Gasteiger partial charge in [-0.2, -0.15) is 0 Å². The van der Waals surface area contributed by atoms with Crippen LogP contribution in [0.15, 0.2) is 0 Å². The minimum atomic E-state index is -1.49. The molecular weight excluding hydrogens is 211 g/mol. The Morgan fingerprint density at radius 3 is 3.00 bits per heavy atom. The maximum Gasteiger partial charge on any atom is 0.412 e. The first kappa shape index (κ1) is 13.2. The number of carbonyl (C=O) groups excluding carboxylic acids is 1. The van der Waals surface area contributed by atoms with Crippen molar-refractivity contribution in [3.8, 4) is 0 Å². The SMILES string of the molecule is CCCC(F)OC(=O)N1CCCCC1CN. The van der Waals surface area contributed by atoms with Crippen molar-refractivity contribution in [3.05, 3.63) is 0 Å². The third-order valence-electron chi connectivity index (χ3n) is 2.88. The normalized spacial score (nSPS) is 22.9. The molecule has 94 valence electrons. The second kappa shape index (κ2) is 6.68. The number of amides is 1. The Morgan fingerprint density at radius 1 is 1.62 bits per heavy atom. The van der Waals surface area contributed by atoms with Crippen LogP contribution in [-0.2, 0) is 4.74 Å². The van der Waals surface area contributed by atoms with E-state index < -0.39 is 12.5 Å². The smallest absolute Gasteiger partial charge is 0.412 e. The predicted octanol–water partition coefficient (Wildman–Crippen LogP) is 2.03. The number of nitrogens with two attached hydrogens (primary N) is 1. The van der Waals surface area contributed by atoms with Gasteiger partial charge in [-0.05, 0) is 25.7 Å². The van der Waals surface area contributed by atoms with Crippen LogP contribution >= 0.6 is 0 Å². The average molecular weight is 232 g/mol. The van der Waals surface area contributed by atoms with Crippen molar-refractivity contribution in [2.45, 2.75) is 51.4 Å². The van der Waals surface area contributed by atoms with Gasteiger partial charge in [0, 0.05) is 25.6 Å². The topological polar surface area (TPSA) is 55.6 Å². The highest BCUT2D eigenvalue weighted by Gasteiger charge is 2.28. The summed E-state index contributed by atoms with van der Waals surface area (Å²) in [7, 11) is 0. The number of ether oxygens (including phenoxy) is 1. The third kappa shape index (κ3) is 3.63. The van der Waals surface area contributed by atoms with Crippen molar-refractivity contribution < 1.29 is 13.9 Å². The molecule has 2 atom stereocenters. The zero-order chi connectivity index (χ0) is 12.0. The van der Waals surface area contributed by atoms with E-state index in [4.69, 9.17) is 10.5 Å². The number of piperidine rings is 1. The van der Waals surface area contributed by atoms with Gasteiger partial charge in [-0.15, -0.1) is 0 Å². The molecule has 0 radical (unpaired) electrons. The summed E-state index contributed by atoms with van der Waals surface area (Å²) in [4.78, 5) is 13.2. The van der Waals surface area contributed by atoms with Crippen LogP contribution in [0.3, 0.4) is 0 Å². The molecule has 1 rings (SSSR count). The number of hydrogen-bond donors (Lipinski definition) is 1. The molecule has 1 aliphatic rings. The number of halogens is 1. The van der Waals surface area contributed by atoms with E-state index in [1.54, 1.807) is 4.90 Å². The molecule has 1 heterocycles. The van der Waals surface area contributed by atoms with Gasteiger partial charge in [0.1, 0.15) is 0 Å². The minimum Gasteiger partial charge on any atom is -0.415 e. The third-order valence-corrected chi connectivity index (χ3v) is 2.88. The Labute approximate surface area is 95.9 Å². The number of carbonyl (C=O) groups is 1. The zero-order valence-electron chi connectivity index (χ0n) is 9.82. The van der Waals surface area contributed by atoms with Gasteiger partial charge in [-0.3, -0.25) is 0 Å². The van der Waals surface area contributed by atoms with Crippen LogP contribution < -0.4 is 5.73 Å². The molecule has 0 saturated carbocycles. The number of hydrogen-bond acceptors (Lipinski definition) is 3. The molecular formula is C11H21FN2O2. The van der Waals surface area contributed by atoms with Crippen LogP contribution in [-0.4, -0.2) is 36.5 Å². The van der Waals surface area contributed by atoms with Gasteiger partial charge in [0.05, 0.1) is 0 Å². The highest BCUT2D eigenvalue weighted by molar-refractivity contribution is 5.68. The molecule has 1 saturated heterocycles. The fourth-order valence-corrected chi connectivity index (χ4v) is 1.95. The summed E-state index contributed by atoms with van der Waals surface area (Å²) in [6, 6.07) is 0.00933. The van der Waals surface area contributed by atoms with Crippen molar-refractivity contribution in [1.82, 2.24) is 4.90 Å². The first-order valence-corrected chi connectivity index (χ1v) is 6.00. The monoisotopic (exact) mass is 232 g/mol. The van der Waals surface area contributed by atoms with Gasteiger partial charge in [0.25, 0.3) is 0 Å². The highest BCUT2D eigenvalue weighted by atomic mass is 19.1. The molecule has 0 aliphatic carbocycles. The van der Waals surface area contributed by atoms with Gasteiger partial charge in [0.15, 0.2) is 0 Å². The highest BCUT2D eigenvalue weighted by Crippen LogP contribution is 2.18. The van der Waals surface area contributed by atoms with Gasteiger partial charge in [-0.1, -0.05) is 6.92 Å². The maximum absolute atomic E-state index is 13.1. The number of alkyl halides is 1. The molecule has 0 aromatic heterocycles. The first-order chi connectivity index (χ1) is 7.69. The molecule has 2 N–H and O–H groups in total. The molecule has 2 unspecified atom stereocenters. The standard InChI is InChI=1S/C11H21FN2O2/c1-2-5-10(12)16-11(15)14-7-4-3-6-9(14)8-13/h9-10H,2-8,13H2,1H3. The Hall–Kier alpha value is -0.840. The number of likely N-dealkylation sites (tertiary alicyclic amines) is 1. The van der Waals surface area contributed by atoms with E-state index in [-0.39, 0.29) is 12.5 Å². The second-order valence-electron chi connectivity index (χ2n) is 4.16. The van der Waals surface area contributed by atoms with Crippen molar-refractivity contribution in [2.75, 3.05) is 13.1 Å². The predicted molar refractivity (Wildman–Crippen MR) is 59.7 cm³/mol. The van der Waals surface area contributed by atoms with E-state index in [0.717, 1.165) is 19.3 Å². The summed E-state index contributed by atoms with van der Waals surface area (Å²) in [5.74, 6) is 0. The van der Waals surface area contributed by atoms with Crippen molar-refractivity contribution in [3.63, 3.8) is 0 Å². The Kier molecular flexibility index (Phi) is 5.52. The Bertz CT molecular complexity index is 226. The van der Waals surface area contributed by atoms with Crippen LogP contribution in [0.1, 0.15) is 39.0 Å². The van der Waals surface area contributed by atoms with Crippen LogP contribution in [0, 0.1) is 0 Å². The fourth-order valence-electron chi connectivity index (χ4n) is 1.95. The fraction of sp³-hybridized carbons (Fsp3) is 0.909. The number of rotatable bonds is 4. The van der Waals surface area contributed by atoms with Crippen molar-refractivity contribution in [2.24, 2.45) is 5.73 Å². The molecule has 0 bridgehead atoms. The molecule has 16 heavy (non-hydrogen) atoms. The van der Waals surface area contributed by atoms with Gasteiger partial charge in [0.2, 0.25) is 6.36 Å². The lowest BCUT2D eigenvalue weighted by molar-refractivity contribution is -0.0201. The lowest BCUT2D eigenvalue weighted by Crippen LogP contribution is -2.48. The first-order valence-electron chi connectivity index (χ1n) is 6.00. The van der Waals surface area contributed by atoms with Crippen LogP contribution in [0.4, 0.5) is 9.18 Å². The van der Waals surface area contributed by atoms with Gasteiger partial charge in [-0.25, -0.2) is 9.18 Å². The van der Waals surface area contributed by atoms with Crippen molar-refractivity contribution >= 4 is 6.09 Å². The van der Waals surface area contributed by atoms with Gasteiger partial charge < -0.3 is 15.4 Å². The molecule has 0 aromatic rings. The van der Waals surface area contributed by atoms with E-state index >= 15 is 0 Å². The molecule has 5 heteroatoms. The summed E-state index contributed by atoms with van der Waals surface area (Å²) >= 11 is 0. The minimum absolute atomic E-state index is 0.00933. The van der Waals surface area contributed by atoms with Crippen molar-refractivity contribution in [1.29, 1.82) is 0 Å². The molecule has 0 aromatic carbocycles. The summed E-state index contributed by atoms with van der Waals surface area (Å²) in [5.41, 5.74) is 5.58. The Balaban J connectivity index is 2.44. The van der Waals surface area contributed by atoms with Gasteiger partial charge >= 0.3 is 6.09 Å². The number of nitrogens with zero attached hydrogens (tertiary/aromatic N) is 1. The van der Waals surface area contributed by atoms with Crippen LogP contribution in [0.2, 0.25) is 0 Å². The Morgan fingerprint density at radius 2 is 2.38 bits per heavy atom. The average Bonchev–Trinajstić information content (AvgIpc) is 2.29. The van der Waals surface area contributed by atoms with Crippen LogP contribution in [0.25, 0.3) is 0 Å². The maximum atomic E-state index is 13.1. The summed E-state index contributed by atoms with van der Waals surface area (Å²) in [5, 5.41) is 0. The molecule has 0 spiro atoms. The summed E-state index contributed by atoms with van der Waals surface area (Å²) in [6.45, 7) is 2.89. The molecule has 1 aliphatic heterocycles.